The van der Waals surface area contributed by atoms with Crippen molar-refractivity contribution < 1.29 is 28.6 Å². The Morgan fingerprint density at radius 1 is 1.13 bits per heavy atom. The number of nitrogens with one attached hydrogen (secondary N) is 2. The first-order valence-corrected chi connectivity index (χ1v) is 9.95. The molecule has 3 amide bonds. The third-order valence-corrected chi connectivity index (χ3v) is 5.31. The van der Waals surface area contributed by atoms with E-state index in [-0.39, 0.29) is 17.4 Å². The largest absolute Gasteiger partial charge is 0.493 e. The molecular formula is C21H18N2O6S. The molecule has 2 aliphatic heterocycles. The third-order valence-electron chi connectivity index (χ3n) is 4.50. The van der Waals surface area contributed by atoms with Crippen molar-refractivity contribution >= 4 is 35.1 Å². The Kier molecular flexibility index (Phi) is 5.62. The highest BCUT2D eigenvalue weighted by atomic mass is 32.2. The number of carbonyl (C=O) groups is 3. The van der Waals surface area contributed by atoms with Gasteiger partial charge in [0.25, 0.3) is 11.1 Å². The van der Waals surface area contributed by atoms with Gasteiger partial charge in [0.15, 0.2) is 11.5 Å². The van der Waals surface area contributed by atoms with Gasteiger partial charge >= 0.3 is 6.09 Å². The van der Waals surface area contributed by atoms with E-state index in [2.05, 4.69) is 10.6 Å². The number of ether oxygens (including phenoxy) is 3. The van der Waals surface area contributed by atoms with Crippen LogP contribution < -0.4 is 20.1 Å². The van der Waals surface area contributed by atoms with E-state index in [9.17, 15) is 14.4 Å². The fourth-order valence-corrected chi connectivity index (χ4v) is 3.75. The smallest absolute Gasteiger partial charge is 0.407 e. The van der Waals surface area contributed by atoms with E-state index in [1.165, 1.54) is 7.11 Å². The number of methoxy groups -OCH3 is 1. The molecule has 2 saturated heterocycles. The van der Waals surface area contributed by atoms with Gasteiger partial charge in [-0.2, -0.15) is 0 Å². The lowest BCUT2D eigenvalue weighted by Crippen LogP contribution is -2.28. The van der Waals surface area contributed by atoms with Crippen LogP contribution in [0.15, 0.2) is 47.4 Å². The van der Waals surface area contributed by atoms with Crippen molar-refractivity contribution in [1.82, 2.24) is 10.6 Å². The SMILES string of the molecule is COc1cc(/C=C2/SC(=O)NC2=O)ccc1Oc1ccc(CC2COC(=O)N2)cc1. The van der Waals surface area contributed by atoms with Crippen LogP contribution in [0.25, 0.3) is 6.08 Å². The van der Waals surface area contributed by atoms with E-state index in [0.717, 1.165) is 17.3 Å². The van der Waals surface area contributed by atoms with Crippen LogP contribution in [0.2, 0.25) is 0 Å². The third kappa shape index (κ3) is 4.57. The summed E-state index contributed by atoms with van der Waals surface area (Å²) in [7, 11) is 1.53. The number of hydrogen-bond donors (Lipinski definition) is 2. The van der Waals surface area contributed by atoms with Gasteiger partial charge in [0.1, 0.15) is 12.4 Å². The Labute approximate surface area is 176 Å². The molecule has 0 aliphatic carbocycles. The van der Waals surface area contributed by atoms with Gasteiger partial charge in [-0.25, -0.2) is 4.79 Å². The normalized spacial score (nSPS) is 19.4. The molecule has 0 saturated carbocycles. The van der Waals surface area contributed by atoms with E-state index in [1.807, 2.05) is 24.3 Å². The number of thioether (sulfide) groups is 1. The molecule has 2 heterocycles. The second-order valence-corrected chi connectivity index (χ2v) is 7.67. The van der Waals surface area contributed by atoms with Crippen LogP contribution in [-0.4, -0.2) is 37.0 Å². The van der Waals surface area contributed by atoms with Gasteiger partial charge in [0.2, 0.25) is 0 Å². The minimum absolute atomic E-state index is 0.0265. The number of hydrogen-bond acceptors (Lipinski definition) is 7. The van der Waals surface area contributed by atoms with Crippen LogP contribution in [0.1, 0.15) is 11.1 Å². The van der Waals surface area contributed by atoms with Crippen molar-refractivity contribution in [3.63, 3.8) is 0 Å². The number of imide groups is 1. The number of rotatable bonds is 6. The molecule has 0 aromatic heterocycles. The van der Waals surface area contributed by atoms with Crippen LogP contribution in [0.4, 0.5) is 9.59 Å². The molecule has 154 valence electrons. The van der Waals surface area contributed by atoms with Crippen molar-refractivity contribution in [2.24, 2.45) is 0 Å². The summed E-state index contributed by atoms with van der Waals surface area (Å²) in [5, 5.41) is 4.59. The van der Waals surface area contributed by atoms with Gasteiger partial charge in [-0.15, -0.1) is 0 Å². The Balaban J connectivity index is 1.45. The van der Waals surface area contributed by atoms with Crippen molar-refractivity contribution in [1.29, 1.82) is 0 Å². The summed E-state index contributed by atoms with van der Waals surface area (Å²) in [5.74, 6) is 1.23. The van der Waals surface area contributed by atoms with E-state index in [1.54, 1.807) is 24.3 Å². The van der Waals surface area contributed by atoms with E-state index >= 15 is 0 Å². The number of benzene rings is 2. The first kappa shape index (κ1) is 19.8. The van der Waals surface area contributed by atoms with Gasteiger partial charge in [-0.3, -0.25) is 14.9 Å². The Morgan fingerprint density at radius 2 is 1.93 bits per heavy atom. The summed E-state index contributed by atoms with van der Waals surface area (Å²) < 4.78 is 16.2. The van der Waals surface area contributed by atoms with Crippen molar-refractivity contribution in [3.8, 4) is 17.2 Å². The van der Waals surface area contributed by atoms with E-state index in [0.29, 0.717) is 40.7 Å². The standard InChI is InChI=1S/C21H18N2O6S/c1-27-17-9-13(10-18-19(24)23-21(26)30-18)4-7-16(17)29-15-5-2-12(3-6-15)8-14-11-28-20(25)22-14/h2-7,9-10,14H,8,11H2,1H3,(H,22,25)(H,23,24,26)/b18-10+. The zero-order valence-electron chi connectivity index (χ0n) is 16.0. The lowest BCUT2D eigenvalue weighted by Gasteiger charge is -2.12. The molecule has 4 rings (SSSR count). The summed E-state index contributed by atoms with van der Waals surface area (Å²) in [5.41, 5.74) is 1.76. The summed E-state index contributed by atoms with van der Waals surface area (Å²) in [6, 6.07) is 12.8. The zero-order chi connectivity index (χ0) is 21.1. The molecule has 1 atom stereocenters. The van der Waals surface area contributed by atoms with Gasteiger partial charge < -0.3 is 19.5 Å². The zero-order valence-corrected chi connectivity index (χ0v) is 16.8. The van der Waals surface area contributed by atoms with Crippen LogP contribution >= 0.6 is 11.8 Å². The molecule has 0 spiro atoms. The molecule has 0 radical (unpaired) electrons. The van der Waals surface area contributed by atoms with Gasteiger partial charge in [-0.1, -0.05) is 18.2 Å². The fraction of sp³-hybridized carbons (Fsp3) is 0.190. The molecule has 2 aromatic rings. The molecule has 2 N–H and O–H groups in total. The molecule has 0 bridgehead atoms. The van der Waals surface area contributed by atoms with Gasteiger partial charge in [0, 0.05) is 0 Å². The topological polar surface area (TPSA) is 103 Å². The molecule has 2 fully saturated rings. The van der Waals surface area contributed by atoms with Crippen molar-refractivity contribution in [2.45, 2.75) is 12.5 Å². The summed E-state index contributed by atoms with van der Waals surface area (Å²) in [6.07, 6.45) is 1.91. The number of alkyl carbamates (subject to hydrolysis) is 1. The fourth-order valence-electron chi connectivity index (χ4n) is 3.07. The number of carbonyl (C=O) groups excluding carboxylic acids is 3. The first-order chi connectivity index (χ1) is 14.5. The molecular weight excluding hydrogens is 408 g/mol. The second-order valence-electron chi connectivity index (χ2n) is 6.65. The molecule has 30 heavy (non-hydrogen) atoms. The predicted octanol–water partition coefficient (Wildman–Crippen LogP) is 3.46. The first-order valence-electron chi connectivity index (χ1n) is 9.13. The average molecular weight is 426 g/mol. The summed E-state index contributed by atoms with van der Waals surface area (Å²) >= 11 is 0.860. The Morgan fingerprint density at radius 3 is 2.57 bits per heavy atom. The van der Waals surface area contributed by atoms with E-state index in [4.69, 9.17) is 14.2 Å². The molecule has 9 heteroatoms. The molecule has 1 unspecified atom stereocenters. The maximum absolute atomic E-state index is 11.7. The predicted molar refractivity (Wildman–Crippen MR) is 111 cm³/mol. The highest BCUT2D eigenvalue weighted by molar-refractivity contribution is 8.18. The monoisotopic (exact) mass is 426 g/mol. The van der Waals surface area contributed by atoms with Crippen molar-refractivity contribution in [2.75, 3.05) is 13.7 Å². The lowest BCUT2D eigenvalue weighted by molar-refractivity contribution is -0.115. The second kappa shape index (κ2) is 8.50. The highest BCUT2D eigenvalue weighted by Crippen LogP contribution is 2.34. The minimum atomic E-state index is -0.409. The van der Waals surface area contributed by atoms with E-state index < -0.39 is 5.91 Å². The van der Waals surface area contributed by atoms with Crippen LogP contribution in [0, 0.1) is 0 Å². The minimum Gasteiger partial charge on any atom is -0.493 e. The maximum atomic E-state index is 11.7. The number of amides is 3. The highest BCUT2D eigenvalue weighted by Gasteiger charge is 2.25. The number of cyclic esters (lactones) is 1. The molecule has 2 aromatic carbocycles. The quantitative estimate of drug-likeness (QED) is 0.682. The lowest BCUT2D eigenvalue weighted by atomic mass is 10.1. The Hall–Kier alpha value is -3.46. The van der Waals surface area contributed by atoms with Crippen LogP contribution in [-0.2, 0) is 16.0 Å². The maximum Gasteiger partial charge on any atom is 0.407 e. The van der Waals surface area contributed by atoms with Crippen LogP contribution in [0.3, 0.4) is 0 Å². The van der Waals surface area contributed by atoms with Crippen LogP contribution in [0.5, 0.6) is 17.2 Å². The summed E-state index contributed by atoms with van der Waals surface area (Å²) in [4.78, 5) is 34.4. The summed E-state index contributed by atoms with van der Waals surface area (Å²) in [6.45, 7) is 0.366. The van der Waals surface area contributed by atoms with Gasteiger partial charge in [0.05, 0.1) is 18.1 Å². The average Bonchev–Trinajstić information content (AvgIpc) is 3.28. The van der Waals surface area contributed by atoms with Gasteiger partial charge in [-0.05, 0) is 59.7 Å². The van der Waals surface area contributed by atoms with Crippen molar-refractivity contribution in [3.05, 3.63) is 58.5 Å². The Bertz CT molecular complexity index is 1030. The molecule has 2 aliphatic rings. The molecule has 8 nitrogen and oxygen atoms in total.